The number of Topliss-reactive ketones (excluding diaryl/α,β-unsaturated/α-hetero) is 1. The van der Waals surface area contributed by atoms with Crippen LogP contribution in [-0.4, -0.2) is 19.9 Å². The molecular formula is C14H15N3O3. The van der Waals surface area contributed by atoms with Crippen molar-refractivity contribution in [3.63, 3.8) is 0 Å². The lowest BCUT2D eigenvalue weighted by molar-refractivity contribution is 0.101. The first-order valence-corrected chi connectivity index (χ1v) is 6.12. The van der Waals surface area contributed by atoms with E-state index in [1.165, 1.54) is 24.7 Å². The third-order valence-electron chi connectivity index (χ3n) is 3.02. The fraction of sp³-hybridized carbons (Fsp3) is 0.286. The molecular weight excluding hydrogens is 258 g/mol. The van der Waals surface area contributed by atoms with Crippen molar-refractivity contribution in [1.82, 2.24) is 14.1 Å². The van der Waals surface area contributed by atoms with Crippen molar-refractivity contribution in [3.8, 4) is 0 Å². The monoisotopic (exact) mass is 273 g/mol. The number of rotatable bonds is 3. The molecule has 0 N–H and O–H groups in total. The van der Waals surface area contributed by atoms with Gasteiger partial charge in [0.25, 0.3) is 5.56 Å². The average molecular weight is 273 g/mol. The summed E-state index contributed by atoms with van der Waals surface area (Å²) in [6.07, 6.45) is 4.68. The molecule has 2 heterocycles. The van der Waals surface area contributed by atoms with Gasteiger partial charge in [0.1, 0.15) is 0 Å². The Morgan fingerprint density at radius 2 is 2.00 bits per heavy atom. The summed E-state index contributed by atoms with van der Waals surface area (Å²) in [6, 6.07) is 1.90. The van der Waals surface area contributed by atoms with E-state index in [0.717, 1.165) is 15.7 Å². The van der Waals surface area contributed by atoms with Gasteiger partial charge in [0.05, 0.1) is 12.1 Å². The standard InChI is InChI=1S/C14H15N3O3/c1-9-4-11(6-15-5-9)7-17-8-12(10(2)18)13(19)16(3)14(17)20/h4-6,8H,7H2,1-3H3. The second-order valence-corrected chi connectivity index (χ2v) is 4.74. The summed E-state index contributed by atoms with van der Waals surface area (Å²) in [5.41, 5.74) is 0.794. The molecule has 2 aromatic rings. The summed E-state index contributed by atoms with van der Waals surface area (Å²) >= 11 is 0. The lowest BCUT2D eigenvalue weighted by atomic mass is 10.2. The van der Waals surface area contributed by atoms with E-state index >= 15 is 0 Å². The molecule has 2 aromatic heterocycles. The van der Waals surface area contributed by atoms with E-state index in [4.69, 9.17) is 0 Å². The quantitative estimate of drug-likeness (QED) is 0.763. The first-order valence-electron chi connectivity index (χ1n) is 6.12. The Morgan fingerprint density at radius 1 is 1.30 bits per heavy atom. The smallest absolute Gasteiger partial charge is 0.295 e. The molecule has 0 atom stereocenters. The molecule has 20 heavy (non-hydrogen) atoms. The predicted molar refractivity (Wildman–Crippen MR) is 74.0 cm³/mol. The lowest BCUT2D eigenvalue weighted by Crippen LogP contribution is -2.40. The summed E-state index contributed by atoms with van der Waals surface area (Å²) in [4.78, 5) is 39.4. The van der Waals surface area contributed by atoms with Crippen LogP contribution in [-0.2, 0) is 13.6 Å². The Morgan fingerprint density at radius 3 is 2.60 bits per heavy atom. The molecule has 0 aliphatic carbocycles. The van der Waals surface area contributed by atoms with Gasteiger partial charge in [0, 0.05) is 25.6 Å². The molecule has 0 aromatic carbocycles. The van der Waals surface area contributed by atoms with E-state index in [1.807, 2.05) is 13.0 Å². The van der Waals surface area contributed by atoms with Gasteiger partial charge in [-0.2, -0.15) is 0 Å². The van der Waals surface area contributed by atoms with Gasteiger partial charge in [-0.25, -0.2) is 4.79 Å². The van der Waals surface area contributed by atoms with Crippen molar-refractivity contribution >= 4 is 5.78 Å². The van der Waals surface area contributed by atoms with Crippen molar-refractivity contribution in [2.75, 3.05) is 0 Å². The summed E-state index contributed by atoms with van der Waals surface area (Å²) < 4.78 is 2.29. The molecule has 0 unspecified atom stereocenters. The molecule has 0 spiro atoms. The average Bonchev–Trinajstić information content (AvgIpc) is 2.39. The molecule has 0 amide bonds. The molecule has 0 bridgehead atoms. The van der Waals surface area contributed by atoms with Crippen LogP contribution in [0, 0.1) is 6.92 Å². The fourth-order valence-electron chi connectivity index (χ4n) is 1.98. The van der Waals surface area contributed by atoms with Crippen LogP contribution in [0.3, 0.4) is 0 Å². The summed E-state index contributed by atoms with van der Waals surface area (Å²) in [6.45, 7) is 3.47. The summed E-state index contributed by atoms with van der Waals surface area (Å²) in [7, 11) is 1.36. The Bertz CT molecular complexity index is 787. The Balaban J connectivity index is 2.55. The number of carbonyl (C=O) groups is 1. The van der Waals surface area contributed by atoms with Gasteiger partial charge in [0.15, 0.2) is 5.78 Å². The van der Waals surface area contributed by atoms with E-state index in [2.05, 4.69) is 4.98 Å². The highest BCUT2D eigenvalue weighted by atomic mass is 16.2. The second kappa shape index (κ2) is 5.24. The Labute approximate surface area is 115 Å². The highest BCUT2D eigenvalue weighted by Crippen LogP contribution is 2.03. The van der Waals surface area contributed by atoms with Crippen LogP contribution in [0.1, 0.15) is 28.4 Å². The number of ketones is 1. The van der Waals surface area contributed by atoms with Crippen molar-refractivity contribution in [2.45, 2.75) is 20.4 Å². The highest BCUT2D eigenvalue weighted by Gasteiger charge is 2.12. The van der Waals surface area contributed by atoms with Gasteiger partial charge in [-0.3, -0.25) is 23.7 Å². The zero-order valence-electron chi connectivity index (χ0n) is 11.6. The predicted octanol–water partition coefficient (Wildman–Crippen LogP) is 0.501. The Hall–Kier alpha value is -2.50. The normalized spacial score (nSPS) is 10.6. The van der Waals surface area contributed by atoms with Crippen molar-refractivity contribution in [3.05, 3.63) is 62.2 Å². The van der Waals surface area contributed by atoms with Crippen molar-refractivity contribution in [1.29, 1.82) is 0 Å². The first-order chi connectivity index (χ1) is 9.40. The first kappa shape index (κ1) is 13.9. The van der Waals surface area contributed by atoms with E-state index in [-0.39, 0.29) is 17.9 Å². The molecule has 104 valence electrons. The molecule has 0 saturated carbocycles. The van der Waals surface area contributed by atoms with Crippen LogP contribution in [0.2, 0.25) is 0 Å². The fourth-order valence-corrected chi connectivity index (χ4v) is 1.98. The number of hydrogen-bond donors (Lipinski definition) is 0. The van der Waals surface area contributed by atoms with Crippen LogP contribution >= 0.6 is 0 Å². The maximum absolute atomic E-state index is 12.0. The molecule has 0 radical (unpaired) electrons. The molecule has 0 fully saturated rings. The zero-order valence-corrected chi connectivity index (χ0v) is 11.6. The van der Waals surface area contributed by atoms with Crippen molar-refractivity contribution in [2.24, 2.45) is 7.05 Å². The van der Waals surface area contributed by atoms with Gasteiger partial charge >= 0.3 is 5.69 Å². The van der Waals surface area contributed by atoms with E-state index in [0.29, 0.717) is 0 Å². The summed E-state index contributed by atoms with van der Waals surface area (Å²) in [5, 5.41) is 0. The van der Waals surface area contributed by atoms with E-state index < -0.39 is 11.2 Å². The molecule has 0 aliphatic heterocycles. The third kappa shape index (κ3) is 2.59. The van der Waals surface area contributed by atoms with Crippen molar-refractivity contribution < 1.29 is 4.79 Å². The van der Waals surface area contributed by atoms with Gasteiger partial charge in [-0.15, -0.1) is 0 Å². The minimum atomic E-state index is -0.568. The van der Waals surface area contributed by atoms with E-state index in [1.54, 1.807) is 12.4 Å². The zero-order chi connectivity index (χ0) is 14.9. The van der Waals surface area contributed by atoms with Crippen LogP contribution in [0.15, 0.2) is 34.2 Å². The second-order valence-electron chi connectivity index (χ2n) is 4.74. The SMILES string of the molecule is CC(=O)c1cn(Cc2cncc(C)c2)c(=O)n(C)c1=O. The van der Waals surface area contributed by atoms with Gasteiger partial charge in [-0.05, 0) is 25.0 Å². The maximum atomic E-state index is 12.0. The Kier molecular flexibility index (Phi) is 3.65. The van der Waals surface area contributed by atoms with Gasteiger partial charge in [0.2, 0.25) is 0 Å². The highest BCUT2D eigenvalue weighted by molar-refractivity contribution is 5.93. The maximum Gasteiger partial charge on any atom is 0.331 e. The van der Waals surface area contributed by atoms with Crippen LogP contribution in [0.5, 0.6) is 0 Å². The van der Waals surface area contributed by atoms with Gasteiger partial charge in [-0.1, -0.05) is 6.07 Å². The molecule has 2 rings (SSSR count). The topological polar surface area (TPSA) is 74.0 Å². The molecule has 6 heteroatoms. The number of pyridine rings is 1. The molecule has 6 nitrogen and oxygen atoms in total. The molecule has 0 saturated heterocycles. The number of nitrogens with zero attached hydrogens (tertiary/aromatic N) is 3. The number of carbonyl (C=O) groups excluding carboxylic acids is 1. The largest absolute Gasteiger partial charge is 0.331 e. The summed E-state index contributed by atoms with van der Waals surface area (Å²) in [5.74, 6) is -0.360. The van der Waals surface area contributed by atoms with E-state index in [9.17, 15) is 14.4 Å². The minimum Gasteiger partial charge on any atom is -0.295 e. The third-order valence-corrected chi connectivity index (χ3v) is 3.02. The number of aryl methyl sites for hydroxylation is 1. The van der Waals surface area contributed by atoms with Crippen LogP contribution in [0.4, 0.5) is 0 Å². The molecule has 0 aliphatic rings. The minimum absolute atomic E-state index is 0.00714. The van der Waals surface area contributed by atoms with Crippen LogP contribution in [0.25, 0.3) is 0 Å². The number of aromatic nitrogens is 3. The lowest BCUT2D eigenvalue weighted by Gasteiger charge is -2.09. The van der Waals surface area contributed by atoms with Crippen LogP contribution < -0.4 is 11.2 Å². The van der Waals surface area contributed by atoms with Gasteiger partial charge < -0.3 is 0 Å². The number of hydrogen-bond acceptors (Lipinski definition) is 4.